The highest BCUT2D eigenvalue weighted by molar-refractivity contribution is 5.96. The number of carbonyl (C=O) groups is 1. The molecule has 1 fully saturated rings. The molecule has 5 rings (SSSR count). The first kappa shape index (κ1) is 21.5. The number of halogens is 1. The van der Waals surface area contributed by atoms with E-state index in [2.05, 4.69) is 22.1 Å². The lowest BCUT2D eigenvalue weighted by atomic mass is 9.99. The fourth-order valence-corrected chi connectivity index (χ4v) is 4.91. The van der Waals surface area contributed by atoms with Crippen LogP contribution in [0.2, 0.25) is 0 Å². The monoisotopic (exact) mass is 449 g/mol. The van der Waals surface area contributed by atoms with Gasteiger partial charge >= 0.3 is 6.09 Å². The van der Waals surface area contributed by atoms with Gasteiger partial charge in [0.2, 0.25) is 0 Å². The lowest BCUT2D eigenvalue weighted by Crippen LogP contribution is -2.35. The molecule has 1 aliphatic heterocycles. The van der Waals surface area contributed by atoms with E-state index in [-0.39, 0.29) is 11.9 Å². The Morgan fingerprint density at radius 2 is 2.00 bits per heavy atom. The number of nitrogens with zero attached hydrogens (tertiary/aromatic N) is 2. The van der Waals surface area contributed by atoms with Crippen molar-refractivity contribution in [1.29, 1.82) is 0 Å². The van der Waals surface area contributed by atoms with E-state index in [1.54, 1.807) is 19.4 Å². The average molecular weight is 450 g/mol. The maximum Gasteiger partial charge on any atom is 0.410 e. The van der Waals surface area contributed by atoms with Gasteiger partial charge in [-0.3, -0.25) is 0 Å². The number of rotatable bonds is 3. The summed E-state index contributed by atoms with van der Waals surface area (Å²) in [6.07, 6.45) is 4.68. The number of ether oxygens (including phenoxy) is 2. The molecule has 0 radical (unpaired) electrons. The van der Waals surface area contributed by atoms with Crippen molar-refractivity contribution in [2.75, 3.05) is 20.2 Å². The van der Waals surface area contributed by atoms with Crippen LogP contribution in [0.4, 0.5) is 9.18 Å². The lowest BCUT2D eigenvalue weighted by Gasteiger charge is -2.24. The molecule has 1 aliphatic carbocycles. The van der Waals surface area contributed by atoms with Crippen LogP contribution in [-0.4, -0.2) is 46.8 Å². The fourth-order valence-electron chi connectivity index (χ4n) is 4.91. The SMILES string of the molecule is COc1cc(F)ccc1-c1ccnc2[nH]c(C3=CC4CN(C(=O)OC(C)(C)C)CC4C3)cc12. The number of carbonyl (C=O) groups excluding carboxylic acids is 1. The van der Waals surface area contributed by atoms with Gasteiger partial charge in [0.25, 0.3) is 0 Å². The highest BCUT2D eigenvalue weighted by Gasteiger charge is 2.40. The van der Waals surface area contributed by atoms with Gasteiger partial charge in [-0.25, -0.2) is 14.2 Å². The number of hydrogen-bond donors (Lipinski definition) is 1. The first-order valence-electron chi connectivity index (χ1n) is 11.2. The number of hydrogen-bond acceptors (Lipinski definition) is 4. The molecule has 33 heavy (non-hydrogen) atoms. The zero-order chi connectivity index (χ0) is 23.3. The Balaban J connectivity index is 1.41. The topological polar surface area (TPSA) is 67.5 Å². The summed E-state index contributed by atoms with van der Waals surface area (Å²) < 4.78 is 24.7. The van der Waals surface area contributed by atoms with Crippen molar-refractivity contribution < 1.29 is 18.7 Å². The second-order valence-electron chi connectivity index (χ2n) is 9.85. The molecule has 3 aromatic rings. The summed E-state index contributed by atoms with van der Waals surface area (Å²) in [5.41, 5.74) is 4.32. The number of fused-ring (bicyclic) bond motifs is 2. The van der Waals surface area contributed by atoms with Crippen molar-refractivity contribution in [3.63, 3.8) is 0 Å². The number of amides is 1. The minimum atomic E-state index is -0.488. The molecule has 0 spiro atoms. The van der Waals surface area contributed by atoms with Gasteiger partial charge in [-0.2, -0.15) is 0 Å². The Morgan fingerprint density at radius 3 is 2.73 bits per heavy atom. The molecule has 1 aromatic carbocycles. The van der Waals surface area contributed by atoms with E-state index in [1.165, 1.54) is 17.7 Å². The molecular weight excluding hydrogens is 421 g/mol. The number of aromatic nitrogens is 2. The summed E-state index contributed by atoms with van der Waals surface area (Å²) in [5.74, 6) is 0.868. The van der Waals surface area contributed by atoms with Crippen molar-refractivity contribution >= 4 is 22.7 Å². The molecular formula is C26H28FN3O3. The molecule has 2 aromatic heterocycles. The Labute approximate surface area is 192 Å². The zero-order valence-corrected chi connectivity index (χ0v) is 19.3. The molecule has 0 bridgehead atoms. The van der Waals surface area contributed by atoms with Gasteiger partial charge in [-0.1, -0.05) is 6.08 Å². The number of benzene rings is 1. The quantitative estimate of drug-likeness (QED) is 0.561. The first-order chi connectivity index (χ1) is 15.7. The summed E-state index contributed by atoms with van der Waals surface area (Å²) in [6, 6.07) is 8.60. The third-order valence-corrected chi connectivity index (χ3v) is 6.37. The maximum atomic E-state index is 13.7. The molecule has 1 N–H and O–H groups in total. The van der Waals surface area contributed by atoms with E-state index in [4.69, 9.17) is 9.47 Å². The molecule has 2 aliphatic rings. The number of aromatic amines is 1. The molecule has 2 unspecified atom stereocenters. The standard InChI is InChI=1S/C26H28FN3O3/c1-26(2,3)33-25(31)30-13-16-9-15(10-17(16)14-30)22-12-21-19(7-8-28-24(21)29-22)20-6-5-18(27)11-23(20)32-4/h5-9,11-12,16-17H,10,13-14H2,1-4H3,(H,28,29). The normalized spacial score (nSPS) is 20.2. The Bertz CT molecular complexity index is 1260. The van der Waals surface area contributed by atoms with E-state index in [9.17, 15) is 9.18 Å². The van der Waals surface area contributed by atoms with Gasteiger partial charge < -0.3 is 19.4 Å². The van der Waals surface area contributed by atoms with Crippen molar-refractivity contribution in [1.82, 2.24) is 14.9 Å². The number of allylic oxidation sites excluding steroid dienone is 1. The van der Waals surface area contributed by atoms with Crippen LogP contribution in [0.5, 0.6) is 5.75 Å². The Kier molecular flexibility index (Phi) is 5.15. The molecule has 1 saturated heterocycles. The first-order valence-corrected chi connectivity index (χ1v) is 11.2. The van der Waals surface area contributed by atoms with Gasteiger partial charge in [0.15, 0.2) is 0 Å². The molecule has 2 atom stereocenters. The van der Waals surface area contributed by atoms with Gasteiger partial charge in [0.1, 0.15) is 22.8 Å². The summed E-state index contributed by atoms with van der Waals surface area (Å²) in [4.78, 5) is 22.2. The van der Waals surface area contributed by atoms with Gasteiger partial charge in [0.05, 0.1) is 7.11 Å². The maximum absolute atomic E-state index is 13.7. The van der Waals surface area contributed by atoms with Gasteiger partial charge in [0, 0.05) is 47.9 Å². The fraction of sp³-hybridized carbons (Fsp3) is 0.385. The smallest absolute Gasteiger partial charge is 0.410 e. The van der Waals surface area contributed by atoms with Crippen LogP contribution < -0.4 is 4.74 Å². The van der Waals surface area contributed by atoms with Gasteiger partial charge in [-0.15, -0.1) is 0 Å². The van der Waals surface area contributed by atoms with Crippen LogP contribution in [0.3, 0.4) is 0 Å². The number of H-pyrrole nitrogens is 1. The van der Waals surface area contributed by atoms with E-state index in [0.717, 1.165) is 34.3 Å². The molecule has 3 heterocycles. The van der Waals surface area contributed by atoms with Crippen LogP contribution in [0.15, 0.2) is 42.6 Å². The summed E-state index contributed by atoms with van der Waals surface area (Å²) in [6.45, 7) is 7.05. The van der Waals surface area contributed by atoms with Crippen LogP contribution in [0.25, 0.3) is 27.7 Å². The molecule has 0 saturated carbocycles. The Hall–Kier alpha value is -3.35. The Morgan fingerprint density at radius 1 is 1.18 bits per heavy atom. The minimum Gasteiger partial charge on any atom is -0.496 e. The predicted octanol–water partition coefficient (Wildman–Crippen LogP) is 5.65. The van der Waals surface area contributed by atoms with Crippen molar-refractivity contribution in [3.05, 3.63) is 54.1 Å². The highest BCUT2D eigenvalue weighted by atomic mass is 19.1. The largest absolute Gasteiger partial charge is 0.496 e. The molecule has 6 nitrogen and oxygen atoms in total. The van der Waals surface area contributed by atoms with E-state index < -0.39 is 5.60 Å². The van der Waals surface area contributed by atoms with Crippen LogP contribution in [0.1, 0.15) is 32.9 Å². The zero-order valence-electron chi connectivity index (χ0n) is 19.3. The van der Waals surface area contributed by atoms with E-state index in [0.29, 0.717) is 30.7 Å². The second-order valence-corrected chi connectivity index (χ2v) is 9.85. The lowest BCUT2D eigenvalue weighted by molar-refractivity contribution is 0.0285. The van der Waals surface area contributed by atoms with Crippen LogP contribution >= 0.6 is 0 Å². The highest BCUT2D eigenvalue weighted by Crippen LogP contribution is 2.43. The predicted molar refractivity (Wildman–Crippen MR) is 125 cm³/mol. The number of pyridine rings is 1. The second kappa shape index (κ2) is 7.90. The number of methoxy groups -OCH3 is 1. The van der Waals surface area contributed by atoms with Gasteiger partial charge in [-0.05, 0) is 68.5 Å². The number of nitrogens with one attached hydrogen (secondary N) is 1. The van der Waals surface area contributed by atoms with E-state index >= 15 is 0 Å². The summed E-state index contributed by atoms with van der Waals surface area (Å²) >= 11 is 0. The van der Waals surface area contributed by atoms with Crippen molar-refractivity contribution in [3.8, 4) is 16.9 Å². The minimum absolute atomic E-state index is 0.237. The third-order valence-electron chi connectivity index (χ3n) is 6.37. The third kappa shape index (κ3) is 4.08. The summed E-state index contributed by atoms with van der Waals surface area (Å²) in [5, 5.41) is 0.964. The van der Waals surface area contributed by atoms with Crippen LogP contribution in [0, 0.1) is 17.7 Å². The van der Waals surface area contributed by atoms with Crippen molar-refractivity contribution in [2.24, 2.45) is 11.8 Å². The molecule has 172 valence electrons. The molecule has 7 heteroatoms. The van der Waals surface area contributed by atoms with E-state index in [1.807, 2.05) is 31.7 Å². The molecule has 1 amide bonds. The van der Waals surface area contributed by atoms with Crippen LogP contribution in [-0.2, 0) is 4.74 Å². The summed E-state index contributed by atoms with van der Waals surface area (Å²) in [7, 11) is 1.54. The van der Waals surface area contributed by atoms with Crippen molar-refractivity contribution in [2.45, 2.75) is 32.8 Å². The average Bonchev–Trinajstić information content (AvgIpc) is 3.44. The number of likely N-dealkylation sites (tertiary alicyclic amines) is 1.